The number of rotatable bonds is 5. The van der Waals surface area contributed by atoms with E-state index in [2.05, 4.69) is 20.6 Å². The molecule has 0 saturated heterocycles. The Morgan fingerprint density at radius 1 is 1.22 bits per heavy atom. The largest absolute Gasteiger partial charge is 0.490 e. The van der Waals surface area contributed by atoms with Gasteiger partial charge in [0, 0.05) is 13.6 Å². The second kappa shape index (κ2) is 6.42. The van der Waals surface area contributed by atoms with Crippen LogP contribution in [0.3, 0.4) is 0 Å². The predicted molar refractivity (Wildman–Crippen MR) is 73.2 cm³/mol. The van der Waals surface area contributed by atoms with Gasteiger partial charge in [0.05, 0.1) is 7.11 Å². The molecule has 18 heavy (non-hydrogen) atoms. The molecule has 1 aromatic heterocycles. The van der Waals surface area contributed by atoms with Gasteiger partial charge in [0.15, 0.2) is 11.6 Å². The van der Waals surface area contributed by atoms with Crippen LogP contribution in [-0.4, -0.2) is 30.7 Å². The van der Waals surface area contributed by atoms with Gasteiger partial charge in [0.2, 0.25) is 5.75 Å². The van der Waals surface area contributed by atoms with Crippen LogP contribution in [-0.2, 0) is 0 Å². The summed E-state index contributed by atoms with van der Waals surface area (Å²) in [6.45, 7) is 0.969. The smallest absolute Gasteiger partial charge is 0.204 e. The molecule has 5 heteroatoms. The van der Waals surface area contributed by atoms with Gasteiger partial charge in [-0.1, -0.05) is 19.3 Å². The van der Waals surface area contributed by atoms with Gasteiger partial charge in [-0.2, -0.15) is 0 Å². The number of hydrogen-bond donors (Lipinski definition) is 2. The van der Waals surface area contributed by atoms with E-state index in [9.17, 15) is 0 Å². The zero-order valence-electron chi connectivity index (χ0n) is 11.2. The average Bonchev–Trinajstić information content (AvgIpc) is 2.45. The fourth-order valence-electron chi connectivity index (χ4n) is 2.50. The van der Waals surface area contributed by atoms with Gasteiger partial charge in [-0.15, -0.1) is 0 Å². The number of anilines is 2. The van der Waals surface area contributed by atoms with Gasteiger partial charge < -0.3 is 15.4 Å². The average molecular weight is 250 g/mol. The molecule has 0 aromatic carbocycles. The third kappa shape index (κ3) is 3.03. The maximum atomic E-state index is 5.36. The lowest BCUT2D eigenvalue weighted by molar-refractivity contribution is 0.371. The van der Waals surface area contributed by atoms with E-state index in [0.717, 1.165) is 24.1 Å². The van der Waals surface area contributed by atoms with E-state index in [1.807, 2.05) is 7.05 Å². The van der Waals surface area contributed by atoms with E-state index in [-0.39, 0.29) is 0 Å². The zero-order valence-corrected chi connectivity index (χ0v) is 11.2. The van der Waals surface area contributed by atoms with Gasteiger partial charge in [-0.05, 0) is 18.8 Å². The van der Waals surface area contributed by atoms with E-state index in [4.69, 9.17) is 4.74 Å². The first-order valence-electron chi connectivity index (χ1n) is 6.65. The van der Waals surface area contributed by atoms with Crippen LogP contribution in [0.2, 0.25) is 0 Å². The summed E-state index contributed by atoms with van der Waals surface area (Å²) in [6, 6.07) is 0. The Labute approximate surface area is 108 Å². The maximum absolute atomic E-state index is 5.36. The summed E-state index contributed by atoms with van der Waals surface area (Å²) in [6.07, 6.45) is 8.29. The summed E-state index contributed by atoms with van der Waals surface area (Å²) in [7, 11) is 3.47. The van der Waals surface area contributed by atoms with Crippen LogP contribution in [0.1, 0.15) is 32.1 Å². The Morgan fingerprint density at radius 3 is 2.61 bits per heavy atom. The number of nitrogens with zero attached hydrogens (tertiary/aromatic N) is 2. The summed E-state index contributed by atoms with van der Waals surface area (Å²) in [5, 5.41) is 6.40. The Morgan fingerprint density at radius 2 is 1.94 bits per heavy atom. The molecule has 0 aliphatic heterocycles. The van der Waals surface area contributed by atoms with Gasteiger partial charge in [-0.3, -0.25) is 0 Å². The van der Waals surface area contributed by atoms with Crippen molar-refractivity contribution in [3.05, 3.63) is 6.33 Å². The fourth-order valence-corrected chi connectivity index (χ4v) is 2.50. The minimum Gasteiger partial charge on any atom is -0.490 e. The van der Waals surface area contributed by atoms with Gasteiger partial charge in [0.25, 0.3) is 0 Å². The molecule has 1 heterocycles. The first-order valence-corrected chi connectivity index (χ1v) is 6.65. The zero-order chi connectivity index (χ0) is 12.8. The van der Waals surface area contributed by atoms with Crippen molar-refractivity contribution < 1.29 is 4.74 Å². The third-order valence-corrected chi connectivity index (χ3v) is 3.53. The maximum Gasteiger partial charge on any atom is 0.204 e. The van der Waals surface area contributed by atoms with Crippen LogP contribution in [0.5, 0.6) is 5.75 Å². The highest BCUT2D eigenvalue weighted by Crippen LogP contribution is 2.30. The lowest BCUT2D eigenvalue weighted by atomic mass is 9.89. The molecule has 5 nitrogen and oxygen atoms in total. The molecule has 0 bridgehead atoms. The highest BCUT2D eigenvalue weighted by molar-refractivity contribution is 5.63. The summed E-state index contributed by atoms with van der Waals surface area (Å²) in [5.41, 5.74) is 0. The molecule has 0 spiro atoms. The molecule has 1 saturated carbocycles. The van der Waals surface area contributed by atoms with Crippen LogP contribution in [0.25, 0.3) is 0 Å². The molecule has 1 aromatic rings. The van der Waals surface area contributed by atoms with Gasteiger partial charge in [-0.25, -0.2) is 9.97 Å². The molecule has 2 rings (SSSR count). The lowest BCUT2D eigenvalue weighted by Gasteiger charge is -2.22. The van der Waals surface area contributed by atoms with Gasteiger partial charge >= 0.3 is 0 Å². The quantitative estimate of drug-likeness (QED) is 0.841. The Bertz CT molecular complexity index is 377. The van der Waals surface area contributed by atoms with Crippen LogP contribution in [0.15, 0.2) is 6.33 Å². The first kappa shape index (κ1) is 12.9. The minimum absolute atomic E-state index is 0.691. The Kier molecular flexibility index (Phi) is 4.61. The van der Waals surface area contributed by atoms with E-state index >= 15 is 0 Å². The van der Waals surface area contributed by atoms with Crippen molar-refractivity contribution in [3.63, 3.8) is 0 Å². The molecule has 1 fully saturated rings. The van der Waals surface area contributed by atoms with Crippen molar-refractivity contribution in [1.82, 2.24) is 9.97 Å². The second-order valence-electron chi connectivity index (χ2n) is 4.74. The SMILES string of the molecule is CNc1ncnc(NCC2CCCCC2)c1OC. The number of aromatic nitrogens is 2. The molecule has 100 valence electrons. The van der Waals surface area contributed by atoms with E-state index in [1.165, 1.54) is 32.1 Å². The van der Waals surface area contributed by atoms with Crippen LogP contribution >= 0.6 is 0 Å². The number of ether oxygens (including phenoxy) is 1. The van der Waals surface area contributed by atoms with Crippen LogP contribution < -0.4 is 15.4 Å². The second-order valence-corrected chi connectivity index (χ2v) is 4.74. The summed E-state index contributed by atoms with van der Waals surface area (Å²) in [4.78, 5) is 8.39. The Balaban J connectivity index is 1.99. The molecule has 0 atom stereocenters. The third-order valence-electron chi connectivity index (χ3n) is 3.53. The van der Waals surface area contributed by atoms with Crippen molar-refractivity contribution in [1.29, 1.82) is 0 Å². The highest BCUT2D eigenvalue weighted by atomic mass is 16.5. The molecule has 0 unspecified atom stereocenters. The molecular weight excluding hydrogens is 228 g/mol. The first-order chi connectivity index (χ1) is 8.85. The normalized spacial score (nSPS) is 16.3. The molecule has 0 amide bonds. The van der Waals surface area contributed by atoms with E-state index in [1.54, 1.807) is 13.4 Å². The number of methoxy groups -OCH3 is 1. The lowest BCUT2D eigenvalue weighted by Crippen LogP contribution is -2.18. The van der Waals surface area contributed by atoms with Crippen molar-refractivity contribution >= 4 is 11.6 Å². The summed E-state index contributed by atoms with van der Waals surface area (Å²) >= 11 is 0. The van der Waals surface area contributed by atoms with Crippen molar-refractivity contribution in [2.45, 2.75) is 32.1 Å². The molecular formula is C13H22N4O. The topological polar surface area (TPSA) is 59.1 Å². The van der Waals surface area contributed by atoms with Crippen molar-refractivity contribution in [2.24, 2.45) is 5.92 Å². The predicted octanol–water partition coefficient (Wildman–Crippen LogP) is 2.52. The van der Waals surface area contributed by atoms with E-state index < -0.39 is 0 Å². The summed E-state index contributed by atoms with van der Waals surface area (Å²) in [5.74, 6) is 2.95. The molecule has 0 radical (unpaired) electrons. The van der Waals surface area contributed by atoms with Crippen molar-refractivity contribution in [2.75, 3.05) is 31.3 Å². The van der Waals surface area contributed by atoms with Crippen molar-refractivity contribution in [3.8, 4) is 5.75 Å². The molecule has 2 N–H and O–H groups in total. The van der Waals surface area contributed by atoms with Gasteiger partial charge in [0.1, 0.15) is 6.33 Å². The molecule has 1 aliphatic rings. The van der Waals surface area contributed by atoms with Crippen LogP contribution in [0, 0.1) is 5.92 Å². The minimum atomic E-state index is 0.691. The molecule has 1 aliphatic carbocycles. The fraction of sp³-hybridized carbons (Fsp3) is 0.692. The number of hydrogen-bond acceptors (Lipinski definition) is 5. The van der Waals surface area contributed by atoms with E-state index in [0.29, 0.717) is 5.75 Å². The highest BCUT2D eigenvalue weighted by Gasteiger charge is 2.15. The monoisotopic (exact) mass is 250 g/mol. The standard InChI is InChI=1S/C13H22N4O/c1-14-12-11(18-2)13(17-9-16-12)15-8-10-6-4-3-5-7-10/h9-10H,3-8H2,1-2H3,(H2,14,15,16,17). The Hall–Kier alpha value is -1.52. The number of nitrogens with one attached hydrogen (secondary N) is 2. The summed E-state index contributed by atoms with van der Waals surface area (Å²) < 4.78 is 5.36. The van der Waals surface area contributed by atoms with Crippen LogP contribution in [0.4, 0.5) is 11.6 Å².